The Balaban J connectivity index is 1.63. The summed E-state index contributed by atoms with van der Waals surface area (Å²) in [7, 11) is 0. The van der Waals surface area contributed by atoms with Gasteiger partial charge < -0.3 is 19.0 Å². The quantitative estimate of drug-likeness (QED) is 0.508. The van der Waals surface area contributed by atoms with E-state index in [0.717, 1.165) is 12.0 Å². The van der Waals surface area contributed by atoms with E-state index in [9.17, 15) is 4.79 Å². The Bertz CT molecular complexity index is 1140. The van der Waals surface area contributed by atoms with Crippen molar-refractivity contribution in [2.45, 2.75) is 26.8 Å². The van der Waals surface area contributed by atoms with Gasteiger partial charge in [0.05, 0.1) is 29.5 Å². The van der Waals surface area contributed by atoms with Crippen LogP contribution in [0.3, 0.4) is 0 Å². The number of rotatable bonds is 7. The molecule has 1 amide bonds. The Morgan fingerprint density at radius 3 is 2.97 bits per heavy atom. The van der Waals surface area contributed by atoms with Crippen LogP contribution < -0.4 is 10.1 Å². The van der Waals surface area contributed by atoms with Crippen molar-refractivity contribution in [2.75, 3.05) is 6.61 Å². The number of pyridine rings is 2. The smallest absolute Gasteiger partial charge is 0.259 e. The van der Waals surface area contributed by atoms with E-state index in [4.69, 9.17) is 13.7 Å². The van der Waals surface area contributed by atoms with Crippen molar-refractivity contribution >= 4 is 17.0 Å². The molecule has 0 unspecified atom stereocenters. The molecule has 0 bridgehead atoms. The summed E-state index contributed by atoms with van der Waals surface area (Å²) >= 11 is 0. The highest BCUT2D eigenvalue weighted by Gasteiger charge is 2.20. The van der Waals surface area contributed by atoms with Gasteiger partial charge in [-0.05, 0) is 37.6 Å². The molecule has 29 heavy (non-hydrogen) atoms. The Hall–Kier alpha value is -3.68. The van der Waals surface area contributed by atoms with Crippen LogP contribution in [0.5, 0.6) is 5.88 Å². The van der Waals surface area contributed by atoms with Crippen molar-refractivity contribution in [3.63, 3.8) is 0 Å². The van der Waals surface area contributed by atoms with Crippen molar-refractivity contribution in [3.05, 3.63) is 59.6 Å². The number of ether oxygens (including phenoxy) is 1. The molecule has 0 aliphatic rings. The summed E-state index contributed by atoms with van der Waals surface area (Å²) in [4.78, 5) is 21.7. The molecule has 0 atom stereocenters. The summed E-state index contributed by atoms with van der Waals surface area (Å²) in [6, 6.07) is 8.89. The third-order valence-corrected chi connectivity index (χ3v) is 4.37. The highest BCUT2D eigenvalue weighted by Crippen LogP contribution is 2.27. The lowest BCUT2D eigenvalue weighted by molar-refractivity contribution is 0.0952. The number of carbonyl (C=O) groups is 1. The molecule has 0 saturated carbocycles. The minimum Gasteiger partial charge on any atom is -0.477 e. The Labute approximate surface area is 166 Å². The van der Waals surface area contributed by atoms with Gasteiger partial charge in [0.2, 0.25) is 5.88 Å². The summed E-state index contributed by atoms with van der Waals surface area (Å²) in [5, 5.41) is 7.45. The van der Waals surface area contributed by atoms with E-state index in [1.165, 1.54) is 0 Å². The third kappa shape index (κ3) is 3.82. The number of aromatic nitrogens is 3. The standard InChI is InChI=1S/C21H20N4O4/c1-3-9-28-20-14(6-4-8-22-20)12-23-19(26)15-11-16(17-7-5-10-27-17)24-21-18(15)13(2)25-29-21/h4-8,10-11H,3,9,12H2,1-2H3,(H,23,26). The average molecular weight is 392 g/mol. The number of amides is 1. The number of nitrogens with one attached hydrogen (secondary N) is 1. The number of furan rings is 1. The summed E-state index contributed by atoms with van der Waals surface area (Å²) in [5.41, 5.74) is 2.59. The van der Waals surface area contributed by atoms with Crippen molar-refractivity contribution in [3.8, 4) is 17.3 Å². The van der Waals surface area contributed by atoms with Crippen molar-refractivity contribution in [1.29, 1.82) is 0 Å². The predicted octanol–water partition coefficient (Wildman–Crippen LogP) is 3.91. The van der Waals surface area contributed by atoms with Crippen molar-refractivity contribution in [2.24, 2.45) is 0 Å². The Morgan fingerprint density at radius 1 is 1.28 bits per heavy atom. The third-order valence-electron chi connectivity index (χ3n) is 4.37. The van der Waals surface area contributed by atoms with Gasteiger partial charge in [0.1, 0.15) is 5.69 Å². The Kier molecular flexibility index (Phi) is 5.24. The van der Waals surface area contributed by atoms with Crippen LogP contribution >= 0.6 is 0 Å². The lowest BCUT2D eigenvalue weighted by Gasteiger charge is -2.11. The van der Waals surface area contributed by atoms with Crippen molar-refractivity contribution < 1.29 is 18.5 Å². The van der Waals surface area contributed by atoms with Crippen LogP contribution in [0.1, 0.15) is 35.0 Å². The van der Waals surface area contributed by atoms with E-state index >= 15 is 0 Å². The summed E-state index contributed by atoms with van der Waals surface area (Å²) < 4.78 is 16.4. The van der Waals surface area contributed by atoms with Gasteiger partial charge in [0, 0.05) is 18.3 Å². The first kappa shape index (κ1) is 18.7. The second-order valence-electron chi connectivity index (χ2n) is 6.48. The van der Waals surface area contributed by atoms with Crippen LogP contribution in [0.15, 0.2) is 51.7 Å². The second kappa shape index (κ2) is 8.14. The second-order valence-corrected chi connectivity index (χ2v) is 6.48. The first-order valence-corrected chi connectivity index (χ1v) is 9.33. The van der Waals surface area contributed by atoms with E-state index in [1.807, 2.05) is 19.1 Å². The zero-order valence-corrected chi connectivity index (χ0v) is 16.1. The van der Waals surface area contributed by atoms with Crippen LogP contribution in [0.25, 0.3) is 22.6 Å². The van der Waals surface area contributed by atoms with E-state index in [1.54, 1.807) is 37.6 Å². The number of fused-ring (bicyclic) bond motifs is 1. The fourth-order valence-electron chi connectivity index (χ4n) is 2.98. The molecule has 0 aliphatic carbocycles. The minimum absolute atomic E-state index is 0.274. The van der Waals surface area contributed by atoms with Gasteiger partial charge in [0.15, 0.2) is 5.76 Å². The molecule has 0 radical (unpaired) electrons. The van der Waals surface area contributed by atoms with Crippen LogP contribution in [0.4, 0.5) is 0 Å². The van der Waals surface area contributed by atoms with E-state index in [0.29, 0.717) is 40.6 Å². The molecular weight excluding hydrogens is 372 g/mol. The molecule has 0 aliphatic heterocycles. The van der Waals surface area contributed by atoms with E-state index < -0.39 is 0 Å². The van der Waals surface area contributed by atoms with Gasteiger partial charge in [-0.3, -0.25) is 4.79 Å². The molecule has 0 fully saturated rings. The topological polar surface area (TPSA) is 103 Å². The van der Waals surface area contributed by atoms with Crippen LogP contribution in [0, 0.1) is 6.92 Å². The van der Waals surface area contributed by atoms with Crippen LogP contribution in [0.2, 0.25) is 0 Å². The zero-order valence-electron chi connectivity index (χ0n) is 16.1. The maximum atomic E-state index is 13.0. The highest BCUT2D eigenvalue weighted by atomic mass is 16.5. The molecule has 0 aromatic carbocycles. The Morgan fingerprint density at radius 2 is 2.17 bits per heavy atom. The van der Waals surface area contributed by atoms with E-state index in [-0.39, 0.29) is 18.2 Å². The molecule has 0 saturated heterocycles. The first-order chi connectivity index (χ1) is 14.2. The number of nitrogens with zero attached hydrogens (tertiary/aromatic N) is 3. The molecule has 4 rings (SSSR count). The number of hydrogen-bond acceptors (Lipinski definition) is 7. The molecule has 0 spiro atoms. The van der Waals surface area contributed by atoms with Gasteiger partial charge in [-0.15, -0.1) is 0 Å². The summed E-state index contributed by atoms with van der Waals surface area (Å²) in [6.45, 7) is 4.64. The van der Waals surface area contributed by atoms with Gasteiger partial charge in [-0.25, -0.2) is 9.97 Å². The molecule has 4 aromatic heterocycles. The number of hydrogen-bond donors (Lipinski definition) is 1. The molecule has 8 nitrogen and oxygen atoms in total. The normalized spacial score (nSPS) is 11.0. The zero-order chi connectivity index (χ0) is 20.2. The lowest BCUT2D eigenvalue weighted by Crippen LogP contribution is -2.24. The monoisotopic (exact) mass is 392 g/mol. The van der Waals surface area contributed by atoms with Gasteiger partial charge >= 0.3 is 0 Å². The van der Waals surface area contributed by atoms with E-state index in [2.05, 4.69) is 20.4 Å². The first-order valence-electron chi connectivity index (χ1n) is 9.33. The van der Waals surface area contributed by atoms with Crippen LogP contribution in [-0.2, 0) is 6.54 Å². The lowest BCUT2D eigenvalue weighted by atomic mass is 10.1. The molecule has 4 heterocycles. The maximum absolute atomic E-state index is 13.0. The number of carbonyl (C=O) groups excluding carboxylic acids is 1. The fraction of sp³-hybridized carbons (Fsp3) is 0.238. The molecule has 4 aromatic rings. The van der Waals surface area contributed by atoms with Gasteiger partial charge in [-0.2, -0.15) is 0 Å². The van der Waals surface area contributed by atoms with Gasteiger partial charge in [0.25, 0.3) is 11.6 Å². The maximum Gasteiger partial charge on any atom is 0.259 e. The number of aryl methyl sites for hydroxylation is 1. The molecule has 8 heteroatoms. The predicted molar refractivity (Wildman–Crippen MR) is 105 cm³/mol. The van der Waals surface area contributed by atoms with Crippen LogP contribution in [-0.4, -0.2) is 27.6 Å². The fourth-order valence-corrected chi connectivity index (χ4v) is 2.98. The molecule has 1 N–H and O–H groups in total. The SMILES string of the molecule is CCCOc1ncccc1CNC(=O)c1cc(-c2ccco2)nc2onc(C)c12. The highest BCUT2D eigenvalue weighted by molar-refractivity contribution is 6.06. The largest absolute Gasteiger partial charge is 0.477 e. The molecule has 148 valence electrons. The summed E-state index contributed by atoms with van der Waals surface area (Å²) in [6.07, 6.45) is 4.09. The minimum atomic E-state index is -0.276. The van der Waals surface area contributed by atoms with Gasteiger partial charge in [-0.1, -0.05) is 18.1 Å². The molecular formula is C21H20N4O4. The summed E-state index contributed by atoms with van der Waals surface area (Å²) in [5.74, 6) is 0.784. The van der Waals surface area contributed by atoms with Crippen molar-refractivity contribution in [1.82, 2.24) is 20.4 Å². The average Bonchev–Trinajstić information content (AvgIpc) is 3.41.